The molecule has 0 N–H and O–H groups in total. The van der Waals surface area contributed by atoms with E-state index in [4.69, 9.17) is 12.2 Å². The maximum atomic E-state index is 11.5. The van der Waals surface area contributed by atoms with E-state index in [1.165, 1.54) is 11.1 Å². The molecule has 27 heavy (non-hydrogen) atoms. The Kier molecular flexibility index (Phi) is 6.01. The minimum absolute atomic E-state index is 0.141. The van der Waals surface area contributed by atoms with Gasteiger partial charge in [0.15, 0.2) is 4.77 Å². The summed E-state index contributed by atoms with van der Waals surface area (Å²) in [5, 5.41) is 0. The number of benzene rings is 2. The van der Waals surface area contributed by atoms with Crippen LogP contribution in [0.15, 0.2) is 48.5 Å². The van der Waals surface area contributed by atoms with Crippen molar-refractivity contribution in [2.45, 2.75) is 46.2 Å². The number of ketones is 2. The van der Waals surface area contributed by atoms with Gasteiger partial charge < -0.3 is 9.13 Å². The van der Waals surface area contributed by atoms with Gasteiger partial charge in [0, 0.05) is 25.9 Å². The number of nitrogens with zero attached hydrogens (tertiary/aromatic N) is 2. The zero-order valence-corrected chi connectivity index (χ0v) is 16.6. The van der Waals surface area contributed by atoms with Gasteiger partial charge >= 0.3 is 0 Å². The van der Waals surface area contributed by atoms with E-state index < -0.39 is 0 Å². The Hall–Kier alpha value is -2.53. The van der Waals surface area contributed by atoms with E-state index in [1.807, 2.05) is 27.3 Å². The minimum Gasteiger partial charge on any atom is -0.316 e. The van der Waals surface area contributed by atoms with E-state index in [-0.39, 0.29) is 11.6 Å². The van der Waals surface area contributed by atoms with Crippen molar-refractivity contribution < 1.29 is 9.59 Å². The predicted molar refractivity (Wildman–Crippen MR) is 111 cm³/mol. The zero-order chi connectivity index (χ0) is 19.4. The highest BCUT2D eigenvalue weighted by Gasteiger charge is 2.13. The van der Waals surface area contributed by atoms with Crippen LogP contribution in [0.2, 0.25) is 0 Å². The van der Waals surface area contributed by atoms with Crippen LogP contribution in [0, 0.1) is 4.77 Å². The van der Waals surface area contributed by atoms with Crippen LogP contribution in [0.4, 0.5) is 0 Å². The van der Waals surface area contributed by atoms with Crippen molar-refractivity contribution in [3.05, 3.63) is 64.4 Å². The average molecular weight is 381 g/mol. The van der Waals surface area contributed by atoms with Crippen LogP contribution in [0.1, 0.15) is 37.8 Å². The predicted octanol–water partition coefficient (Wildman–Crippen LogP) is 4.72. The molecule has 0 aliphatic carbocycles. The summed E-state index contributed by atoms with van der Waals surface area (Å²) in [4.78, 5) is 22.9. The first-order valence-electron chi connectivity index (χ1n) is 9.20. The number of hydrogen-bond acceptors (Lipinski definition) is 3. The number of aromatic nitrogens is 2. The molecule has 5 heteroatoms. The summed E-state index contributed by atoms with van der Waals surface area (Å²) < 4.78 is 4.71. The van der Waals surface area contributed by atoms with Gasteiger partial charge in [-0.3, -0.25) is 9.59 Å². The van der Waals surface area contributed by atoms with Crippen LogP contribution in [0.3, 0.4) is 0 Å². The Balaban J connectivity index is 2.03. The fourth-order valence-corrected chi connectivity index (χ4v) is 3.66. The average Bonchev–Trinajstić information content (AvgIpc) is 2.89. The van der Waals surface area contributed by atoms with E-state index in [0.717, 1.165) is 17.5 Å². The molecule has 0 saturated heterocycles. The first-order valence-corrected chi connectivity index (χ1v) is 9.61. The molecular formula is C22H24N2O2S. The lowest BCUT2D eigenvalue weighted by Crippen LogP contribution is -2.06. The van der Waals surface area contributed by atoms with Crippen LogP contribution in [0.25, 0.3) is 11.0 Å². The molecule has 0 radical (unpaired) electrons. The number of hydrogen-bond donors (Lipinski definition) is 0. The summed E-state index contributed by atoms with van der Waals surface area (Å²) in [5.41, 5.74) is 4.49. The molecule has 4 nitrogen and oxygen atoms in total. The quantitative estimate of drug-likeness (QED) is 0.531. The van der Waals surface area contributed by atoms with Gasteiger partial charge in [0.2, 0.25) is 0 Å². The molecule has 0 saturated carbocycles. The number of rotatable bonds is 8. The number of fused-ring (bicyclic) bond motifs is 1. The number of imidazole rings is 1. The molecule has 0 bridgehead atoms. The third-order valence-electron chi connectivity index (χ3n) is 4.71. The SMILES string of the molecule is CC(=O)CCn1c(=S)n(CCC(C)=O)c2cc(Cc3ccccc3)ccc21. The van der Waals surface area contributed by atoms with Crippen molar-refractivity contribution >= 4 is 34.8 Å². The van der Waals surface area contributed by atoms with Gasteiger partial charge in [-0.05, 0) is 55.7 Å². The normalized spacial score (nSPS) is 11.0. The topological polar surface area (TPSA) is 44.0 Å². The molecule has 2 aromatic carbocycles. The molecule has 0 fully saturated rings. The summed E-state index contributed by atoms with van der Waals surface area (Å²) in [6.07, 6.45) is 1.74. The van der Waals surface area contributed by atoms with Crippen LogP contribution in [0.5, 0.6) is 0 Å². The van der Waals surface area contributed by atoms with Crippen molar-refractivity contribution in [3.8, 4) is 0 Å². The molecule has 1 heterocycles. The van der Waals surface area contributed by atoms with Gasteiger partial charge in [-0.15, -0.1) is 0 Å². The maximum absolute atomic E-state index is 11.5. The van der Waals surface area contributed by atoms with Crippen molar-refractivity contribution in [2.24, 2.45) is 0 Å². The standard InChI is InChI=1S/C22H24N2O2S/c1-16(25)10-12-23-20-9-8-19(14-18-6-4-3-5-7-18)15-21(20)24(22(23)27)13-11-17(2)26/h3-9,15H,10-14H2,1-2H3. The zero-order valence-electron chi connectivity index (χ0n) is 15.8. The Morgan fingerprint density at radius 1 is 0.815 bits per heavy atom. The van der Waals surface area contributed by atoms with Crippen LogP contribution < -0.4 is 0 Å². The van der Waals surface area contributed by atoms with Crippen molar-refractivity contribution in [1.82, 2.24) is 9.13 Å². The van der Waals surface area contributed by atoms with Crippen molar-refractivity contribution in [1.29, 1.82) is 0 Å². The molecule has 0 atom stereocenters. The van der Waals surface area contributed by atoms with Crippen LogP contribution in [-0.4, -0.2) is 20.7 Å². The number of aryl methyl sites for hydroxylation is 2. The molecular weight excluding hydrogens is 356 g/mol. The molecule has 0 aliphatic heterocycles. The van der Waals surface area contributed by atoms with Crippen LogP contribution >= 0.6 is 12.2 Å². The van der Waals surface area contributed by atoms with Crippen molar-refractivity contribution in [3.63, 3.8) is 0 Å². The summed E-state index contributed by atoms with van der Waals surface area (Å²) in [7, 11) is 0. The highest BCUT2D eigenvalue weighted by molar-refractivity contribution is 7.71. The van der Waals surface area contributed by atoms with Gasteiger partial charge in [-0.2, -0.15) is 0 Å². The molecule has 3 aromatic rings. The second kappa shape index (κ2) is 8.44. The third-order valence-corrected chi connectivity index (χ3v) is 5.15. The molecule has 0 amide bonds. The first kappa shape index (κ1) is 19.2. The fourth-order valence-electron chi connectivity index (χ4n) is 3.28. The Morgan fingerprint density at radius 2 is 1.41 bits per heavy atom. The Bertz CT molecular complexity index is 1030. The molecule has 0 unspecified atom stereocenters. The minimum atomic E-state index is 0.141. The third kappa shape index (κ3) is 4.61. The summed E-state index contributed by atoms with van der Waals surface area (Å²) in [5.74, 6) is 0.282. The Labute approximate surface area is 164 Å². The number of Topliss-reactive ketones (excluding diaryl/α,β-unsaturated/α-hetero) is 2. The summed E-state index contributed by atoms with van der Waals surface area (Å²) in [6, 6.07) is 16.7. The van der Waals surface area contributed by atoms with E-state index in [2.05, 4.69) is 30.3 Å². The molecule has 140 valence electrons. The van der Waals surface area contributed by atoms with Gasteiger partial charge in [0.05, 0.1) is 11.0 Å². The largest absolute Gasteiger partial charge is 0.316 e. The molecule has 3 rings (SSSR count). The van der Waals surface area contributed by atoms with Gasteiger partial charge in [-0.1, -0.05) is 36.4 Å². The second-order valence-electron chi connectivity index (χ2n) is 6.98. The smallest absolute Gasteiger partial charge is 0.180 e. The van der Waals surface area contributed by atoms with Gasteiger partial charge in [-0.25, -0.2) is 0 Å². The van der Waals surface area contributed by atoms with E-state index in [1.54, 1.807) is 13.8 Å². The maximum Gasteiger partial charge on any atom is 0.180 e. The summed E-state index contributed by atoms with van der Waals surface area (Å²) in [6.45, 7) is 4.32. The molecule has 0 aliphatic rings. The number of carbonyl (C=O) groups excluding carboxylic acids is 2. The van der Waals surface area contributed by atoms with Crippen LogP contribution in [-0.2, 0) is 29.1 Å². The van der Waals surface area contributed by atoms with Crippen molar-refractivity contribution in [2.75, 3.05) is 0 Å². The highest BCUT2D eigenvalue weighted by atomic mass is 32.1. The monoisotopic (exact) mass is 380 g/mol. The number of carbonyl (C=O) groups is 2. The molecule has 0 spiro atoms. The first-order chi connectivity index (χ1) is 13.0. The summed E-state index contributed by atoms with van der Waals surface area (Å²) >= 11 is 5.67. The fraction of sp³-hybridized carbons (Fsp3) is 0.318. The van der Waals surface area contributed by atoms with Gasteiger partial charge in [0.1, 0.15) is 11.6 Å². The van der Waals surface area contributed by atoms with Gasteiger partial charge in [0.25, 0.3) is 0 Å². The Morgan fingerprint density at radius 3 is 2.00 bits per heavy atom. The van der Waals surface area contributed by atoms with E-state index >= 15 is 0 Å². The molecule has 1 aromatic heterocycles. The lowest BCUT2D eigenvalue weighted by Gasteiger charge is -2.06. The van der Waals surface area contributed by atoms with E-state index in [0.29, 0.717) is 30.7 Å². The second-order valence-corrected chi connectivity index (χ2v) is 7.34. The lowest BCUT2D eigenvalue weighted by molar-refractivity contribution is -0.118. The lowest BCUT2D eigenvalue weighted by atomic mass is 10.0. The highest BCUT2D eigenvalue weighted by Crippen LogP contribution is 2.22. The van der Waals surface area contributed by atoms with E-state index in [9.17, 15) is 9.59 Å².